The highest BCUT2D eigenvalue weighted by Crippen LogP contribution is 2.32. The fraction of sp³-hybridized carbons (Fsp3) is 0.500. The molecule has 6 heteroatoms. The molecule has 4 heterocycles. The van der Waals surface area contributed by atoms with E-state index >= 15 is 0 Å². The van der Waals surface area contributed by atoms with Gasteiger partial charge in [-0.15, -0.1) is 0 Å². The van der Waals surface area contributed by atoms with E-state index in [9.17, 15) is 0 Å². The second kappa shape index (κ2) is 7.51. The van der Waals surface area contributed by atoms with Crippen molar-refractivity contribution in [3.63, 3.8) is 0 Å². The standard InChI is InChI=1S/C22H27N5O/c1-15(18-7-4-5-11-23-18)24-22-17-6-2-3-8-19(17)25-21-14-20(26-27(21)22)16-9-12-28-13-10-16/h4-5,7,11,14-16,24H,2-3,6,8-10,12-13H2,1H3/t15-/m0/s1. The van der Waals surface area contributed by atoms with E-state index in [1.54, 1.807) is 0 Å². The second-order valence-electron chi connectivity index (χ2n) is 7.94. The van der Waals surface area contributed by atoms with Crippen LogP contribution < -0.4 is 5.32 Å². The summed E-state index contributed by atoms with van der Waals surface area (Å²) in [6.07, 6.45) is 8.46. The topological polar surface area (TPSA) is 64.3 Å². The molecule has 5 rings (SSSR count). The molecule has 1 fully saturated rings. The number of rotatable bonds is 4. The fourth-order valence-electron chi connectivity index (χ4n) is 4.42. The number of pyridine rings is 1. The van der Waals surface area contributed by atoms with Crippen LogP contribution in [0.1, 0.15) is 67.2 Å². The first kappa shape index (κ1) is 17.6. The Labute approximate surface area is 165 Å². The van der Waals surface area contributed by atoms with Crippen LogP contribution >= 0.6 is 0 Å². The van der Waals surface area contributed by atoms with Gasteiger partial charge in [0.05, 0.1) is 17.4 Å². The van der Waals surface area contributed by atoms with E-state index in [1.165, 1.54) is 24.1 Å². The Hall–Kier alpha value is -2.47. The van der Waals surface area contributed by atoms with Gasteiger partial charge >= 0.3 is 0 Å². The number of fused-ring (bicyclic) bond motifs is 2. The number of anilines is 1. The van der Waals surface area contributed by atoms with Crippen LogP contribution in [0.2, 0.25) is 0 Å². The largest absolute Gasteiger partial charge is 0.381 e. The first-order chi connectivity index (χ1) is 13.8. The van der Waals surface area contributed by atoms with Crippen molar-refractivity contribution < 1.29 is 4.74 Å². The van der Waals surface area contributed by atoms with E-state index < -0.39 is 0 Å². The Kier molecular flexibility index (Phi) is 4.72. The molecule has 0 saturated carbocycles. The molecule has 6 nitrogen and oxygen atoms in total. The molecule has 1 aliphatic heterocycles. The highest BCUT2D eigenvalue weighted by Gasteiger charge is 2.24. The lowest BCUT2D eigenvalue weighted by atomic mass is 9.96. The van der Waals surface area contributed by atoms with Crippen molar-refractivity contribution in [3.8, 4) is 0 Å². The van der Waals surface area contributed by atoms with Gasteiger partial charge < -0.3 is 10.1 Å². The predicted octanol–water partition coefficient (Wildman–Crippen LogP) is 4.07. The third-order valence-electron chi connectivity index (χ3n) is 6.02. The van der Waals surface area contributed by atoms with E-state index in [4.69, 9.17) is 14.8 Å². The van der Waals surface area contributed by atoms with E-state index in [2.05, 4.69) is 29.4 Å². The molecule has 0 spiro atoms. The highest BCUT2D eigenvalue weighted by atomic mass is 16.5. The molecule has 0 bridgehead atoms. The molecule has 1 atom stereocenters. The lowest BCUT2D eigenvalue weighted by molar-refractivity contribution is 0.0844. The minimum absolute atomic E-state index is 0.105. The molecule has 3 aromatic heterocycles. The molecule has 146 valence electrons. The first-order valence-corrected chi connectivity index (χ1v) is 10.5. The van der Waals surface area contributed by atoms with Gasteiger partial charge in [-0.05, 0) is 57.6 Å². The minimum atomic E-state index is 0.105. The van der Waals surface area contributed by atoms with Crippen LogP contribution in [0.3, 0.4) is 0 Å². The maximum absolute atomic E-state index is 5.53. The van der Waals surface area contributed by atoms with Crippen LogP contribution in [0.25, 0.3) is 5.65 Å². The van der Waals surface area contributed by atoms with Crippen molar-refractivity contribution in [1.82, 2.24) is 19.6 Å². The van der Waals surface area contributed by atoms with Gasteiger partial charge in [0.1, 0.15) is 5.82 Å². The number of hydrogen-bond acceptors (Lipinski definition) is 5. The average molecular weight is 377 g/mol. The molecule has 0 aromatic carbocycles. The van der Waals surface area contributed by atoms with Crippen LogP contribution in [0, 0.1) is 0 Å². The number of nitrogens with one attached hydrogen (secondary N) is 1. The average Bonchev–Trinajstić information content (AvgIpc) is 3.19. The molecule has 0 amide bonds. The lowest BCUT2D eigenvalue weighted by Gasteiger charge is -2.23. The van der Waals surface area contributed by atoms with Gasteiger partial charge in [0.2, 0.25) is 0 Å². The van der Waals surface area contributed by atoms with Crippen molar-refractivity contribution in [2.24, 2.45) is 0 Å². The molecule has 0 unspecified atom stereocenters. The molecule has 0 radical (unpaired) electrons. The summed E-state index contributed by atoms with van der Waals surface area (Å²) < 4.78 is 7.57. The minimum Gasteiger partial charge on any atom is -0.381 e. The van der Waals surface area contributed by atoms with E-state index in [1.807, 2.05) is 22.8 Å². The third-order valence-corrected chi connectivity index (χ3v) is 6.02. The summed E-state index contributed by atoms with van der Waals surface area (Å²) in [5.74, 6) is 1.56. The molecule has 28 heavy (non-hydrogen) atoms. The Morgan fingerprint density at radius 3 is 2.86 bits per heavy atom. The monoisotopic (exact) mass is 377 g/mol. The summed E-state index contributed by atoms with van der Waals surface area (Å²) in [6, 6.07) is 8.35. The van der Waals surface area contributed by atoms with Gasteiger partial charge in [0.25, 0.3) is 0 Å². The maximum Gasteiger partial charge on any atom is 0.157 e. The summed E-state index contributed by atoms with van der Waals surface area (Å²) >= 11 is 0. The van der Waals surface area contributed by atoms with Crippen molar-refractivity contribution in [1.29, 1.82) is 0 Å². The van der Waals surface area contributed by atoms with Crippen molar-refractivity contribution in [3.05, 3.63) is 53.1 Å². The zero-order chi connectivity index (χ0) is 18.9. The van der Waals surface area contributed by atoms with Crippen molar-refractivity contribution in [2.75, 3.05) is 18.5 Å². The highest BCUT2D eigenvalue weighted by molar-refractivity contribution is 5.58. The van der Waals surface area contributed by atoms with Crippen LogP contribution in [0.5, 0.6) is 0 Å². The van der Waals surface area contributed by atoms with Gasteiger partial charge in [0.15, 0.2) is 5.65 Å². The second-order valence-corrected chi connectivity index (χ2v) is 7.94. The Balaban J connectivity index is 1.57. The third kappa shape index (κ3) is 3.26. The zero-order valence-corrected chi connectivity index (χ0v) is 16.4. The van der Waals surface area contributed by atoms with Crippen molar-refractivity contribution in [2.45, 2.75) is 57.4 Å². The van der Waals surface area contributed by atoms with Gasteiger partial charge in [-0.2, -0.15) is 9.61 Å². The van der Waals surface area contributed by atoms with E-state index in [-0.39, 0.29) is 6.04 Å². The van der Waals surface area contributed by atoms with Gasteiger partial charge in [0, 0.05) is 42.7 Å². The van der Waals surface area contributed by atoms with Crippen LogP contribution in [0.4, 0.5) is 5.82 Å². The number of aromatic nitrogens is 4. The predicted molar refractivity (Wildman–Crippen MR) is 109 cm³/mol. The fourth-order valence-corrected chi connectivity index (χ4v) is 4.42. The summed E-state index contributed by atoms with van der Waals surface area (Å²) in [4.78, 5) is 9.51. The lowest BCUT2D eigenvalue weighted by Crippen LogP contribution is -2.18. The molecule has 1 saturated heterocycles. The first-order valence-electron chi connectivity index (χ1n) is 10.5. The normalized spacial score (nSPS) is 18.8. The molecule has 3 aromatic rings. The van der Waals surface area contributed by atoms with Gasteiger partial charge in [-0.25, -0.2) is 4.98 Å². The van der Waals surface area contributed by atoms with E-state index in [0.29, 0.717) is 5.92 Å². The van der Waals surface area contributed by atoms with Gasteiger partial charge in [-0.1, -0.05) is 6.07 Å². The van der Waals surface area contributed by atoms with Gasteiger partial charge in [-0.3, -0.25) is 4.98 Å². The summed E-state index contributed by atoms with van der Waals surface area (Å²) in [7, 11) is 0. The summed E-state index contributed by atoms with van der Waals surface area (Å²) in [5.41, 5.74) is 5.69. The molecular weight excluding hydrogens is 350 g/mol. The van der Waals surface area contributed by atoms with Crippen molar-refractivity contribution >= 4 is 11.5 Å². The smallest absolute Gasteiger partial charge is 0.157 e. The Bertz CT molecular complexity index is 962. The molecule has 1 N–H and O–H groups in total. The molecule has 1 aliphatic carbocycles. The summed E-state index contributed by atoms with van der Waals surface area (Å²) in [5, 5.41) is 8.73. The number of ether oxygens (including phenoxy) is 1. The Morgan fingerprint density at radius 2 is 2.04 bits per heavy atom. The quantitative estimate of drug-likeness (QED) is 0.742. The van der Waals surface area contributed by atoms with Crippen LogP contribution in [-0.4, -0.2) is 32.8 Å². The summed E-state index contributed by atoms with van der Waals surface area (Å²) in [6.45, 7) is 3.81. The molecular formula is C22H27N5O. The Morgan fingerprint density at radius 1 is 1.18 bits per heavy atom. The number of aryl methyl sites for hydroxylation is 1. The maximum atomic E-state index is 5.53. The SMILES string of the molecule is C[C@H](Nc1c2c(nc3cc(C4CCOCC4)nn13)CCCC2)c1ccccn1. The van der Waals surface area contributed by atoms with Crippen LogP contribution in [0.15, 0.2) is 30.5 Å². The molecule has 2 aliphatic rings. The van der Waals surface area contributed by atoms with E-state index in [0.717, 1.165) is 61.7 Å². The zero-order valence-electron chi connectivity index (χ0n) is 16.4. The number of nitrogens with zero attached hydrogens (tertiary/aromatic N) is 4. The van der Waals surface area contributed by atoms with Crippen LogP contribution in [-0.2, 0) is 17.6 Å². The number of hydrogen-bond donors (Lipinski definition) is 1.